The number of hydrogen-bond acceptors (Lipinski definition) is 4. The minimum atomic E-state index is -0.778. The lowest BCUT2D eigenvalue weighted by molar-refractivity contribution is -0.142. The molecule has 0 aromatic carbocycles. The number of aliphatic carboxylic acids is 1. The Morgan fingerprint density at radius 2 is 2.05 bits per heavy atom. The molecule has 2 heterocycles. The first-order valence-corrected chi connectivity index (χ1v) is 7.39. The monoisotopic (exact) mass is 292 g/mol. The van der Waals surface area contributed by atoms with Crippen LogP contribution in [0.25, 0.3) is 0 Å². The average Bonchev–Trinajstić information content (AvgIpc) is 3.11. The van der Waals surface area contributed by atoms with E-state index in [-0.39, 0.29) is 18.2 Å². The van der Waals surface area contributed by atoms with Crippen LogP contribution in [0.1, 0.15) is 29.9 Å². The smallest absolute Gasteiger partial charge is 0.308 e. The first-order chi connectivity index (χ1) is 9.97. The Balaban J connectivity index is 1.69. The second kappa shape index (κ2) is 5.16. The number of aromatic nitrogens is 1. The maximum absolute atomic E-state index is 12.4. The number of carboxylic acid groups (broad SMARTS) is 1. The van der Waals surface area contributed by atoms with Crippen molar-refractivity contribution in [3.05, 3.63) is 17.0 Å². The van der Waals surface area contributed by atoms with Crippen LogP contribution in [0, 0.1) is 31.6 Å². The molecule has 6 heteroatoms. The molecule has 2 atom stereocenters. The molecule has 0 bridgehead atoms. The van der Waals surface area contributed by atoms with Crippen LogP contribution in [0.4, 0.5) is 0 Å². The summed E-state index contributed by atoms with van der Waals surface area (Å²) in [4.78, 5) is 25.5. The summed E-state index contributed by atoms with van der Waals surface area (Å²) < 4.78 is 5.07. The second-order valence-electron chi connectivity index (χ2n) is 6.22. The summed E-state index contributed by atoms with van der Waals surface area (Å²) in [5, 5.41) is 13.2. The van der Waals surface area contributed by atoms with Crippen LogP contribution in [-0.4, -0.2) is 40.1 Å². The third-order valence-corrected chi connectivity index (χ3v) is 4.77. The van der Waals surface area contributed by atoms with Crippen molar-refractivity contribution < 1.29 is 19.2 Å². The molecule has 2 aliphatic rings. The lowest BCUT2D eigenvalue weighted by atomic mass is 9.92. The zero-order chi connectivity index (χ0) is 15.1. The molecule has 1 aliphatic carbocycles. The molecular weight excluding hydrogens is 272 g/mol. The topological polar surface area (TPSA) is 83.6 Å². The molecule has 114 valence electrons. The molecule has 0 unspecified atom stereocenters. The van der Waals surface area contributed by atoms with Crippen molar-refractivity contribution in [1.82, 2.24) is 10.1 Å². The van der Waals surface area contributed by atoms with Crippen molar-refractivity contribution >= 4 is 11.9 Å². The third kappa shape index (κ3) is 2.66. The fourth-order valence-corrected chi connectivity index (χ4v) is 3.31. The molecule has 1 N–H and O–H groups in total. The molecule has 3 rings (SSSR count). The van der Waals surface area contributed by atoms with Gasteiger partial charge in [-0.15, -0.1) is 0 Å². The standard InChI is InChI=1S/C15H20N2O4/c1-8-11(9(2)21-16-8)5-14(18)17-6-12(10-3-4-10)13(7-17)15(19)20/h10,12-13H,3-7H2,1-2H3,(H,19,20)/t12-,13+/m1/s1. The van der Waals surface area contributed by atoms with Crippen LogP contribution in [0.15, 0.2) is 4.52 Å². The number of nitrogens with zero attached hydrogens (tertiary/aromatic N) is 2. The van der Waals surface area contributed by atoms with Gasteiger partial charge in [-0.1, -0.05) is 5.16 Å². The van der Waals surface area contributed by atoms with Gasteiger partial charge in [0.05, 0.1) is 18.0 Å². The number of likely N-dealkylation sites (tertiary alicyclic amines) is 1. The van der Waals surface area contributed by atoms with Crippen molar-refractivity contribution in [2.24, 2.45) is 17.8 Å². The van der Waals surface area contributed by atoms with Crippen LogP contribution >= 0.6 is 0 Å². The van der Waals surface area contributed by atoms with E-state index in [0.29, 0.717) is 24.8 Å². The van der Waals surface area contributed by atoms with E-state index in [0.717, 1.165) is 24.1 Å². The van der Waals surface area contributed by atoms with Crippen molar-refractivity contribution in [3.8, 4) is 0 Å². The van der Waals surface area contributed by atoms with Gasteiger partial charge in [-0.25, -0.2) is 0 Å². The quantitative estimate of drug-likeness (QED) is 0.907. The number of carboxylic acids is 1. The van der Waals surface area contributed by atoms with Crippen LogP contribution in [-0.2, 0) is 16.0 Å². The van der Waals surface area contributed by atoms with E-state index in [1.54, 1.807) is 11.8 Å². The van der Waals surface area contributed by atoms with E-state index >= 15 is 0 Å². The minimum absolute atomic E-state index is 0.0289. The third-order valence-electron chi connectivity index (χ3n) is 4.77. The van der Waals surface area contributed by atoms with E-state index in [9.17, 15) is 14.7 Å². The fourth-order valence-electron chi connectivity index (χ4n) is 3.31. The summed E-state index contributed by atoms with van der Waals surface area (Å²) in [7, 11) is 0. The molecule has 1 aromatic rings. The van der Waals surface area contributed by atoms with Crippen molar-refractivity contribution in [1.29, 1.82) is 0 Å². The number of amides is 1. The Kier molecular flexibility index (Phi) is 3.47. The zero-order valence-corrected chi connectivity index (χ0v) is 12.3. The lowest BCUT2D eigenvalue weighted by Crippen LogP contribution is -2.31. The molecule has 21 heavy (non-hydrogen) atoms. The summed E-state index contributed by atoms with van der Waals surface area (Å²) in [6.45, 7) is 4.51. The van der Waals surface area contributed by atoms with Gasteiger partial charge in [-0.3, -0.25) is 9.59 Å². The molecule has 1 amide bonds. The summed E-state index contributed by atoms with van der Waals surface area (Å²) in [6, 6.07) is 0. The normalized spacial score (nSPS) is 25.3. The van der Waals surface area contributed by atoms with Crippen molar-refractivity contribution in [2.45, 2.75) is 33.1 Å². The maximum atomic E-state index is 12.4. The Bertz CT molecular complexity index is 557. The molecule has 1 saturated heterocycles. The van der Waals surface area contributed by atoms with Gasteiger partial charge in [0.15, 0.2) is 0 Å². The highest BCUT2D eigenvalue weighted by Crippen LogP contribution is 2.44. The molecule has 1 saturated carbocycles. The summed E-state index contributed by atoms with van der Waals surface area (Å²) in [5.41, 5.74) is 1.55. The van der Waals surface area contributed by atoms with E-state index < -0.39 is 11.9 Å². The largest absolute Gasteiger partial charge is 0.481 e. The van der Waals surface area contributed by atoms with Crippen molar-refractivity contribution in [3.63, 3.8) is 0 Å². The van der Waals surface area contributed by atoms with Gasteiger partial charge >= 0.3 is 5.97 Å². The summed E-state index contributed by atoms with van der Waals surface area (Å²) in [6.07, 6.45) is 2.44. The van der Waals surface area contributed by atoms with Gasteiger partial charge in [-0.2, -0.15) is 0 Å². The Hall–Kier alpha value is -1.85. The fraction of sp³-hybridized carbons (Fsp3) is 0.667. The van der Waals surface area contributed by atoms with Gasteiger partial charge in [0.25, 0.3) is 0 Å². The molecule has 1 aromatic heterocycles. The molecule has 1 aliphatic heterocycles. The highest BCUT2D eigenvalue weighted by molar-refractivity contribution is 5.81. The Morgan fingerprint density at radius 3 is 2.57 bits per heavy atom. The summed E-state index contributed by atoms with van der Waals surface area (Å²) in [5.74, 6) is 0.0529. The van der Waals surface area contributed by atoms with Gasteiger partial charge in [0, 0.05) is 18.7 Å². The number of carbonyl (C=O) groups is 2. The van der Waals surface area contributed by atoms with E-state index in [1.807, 2.05) is 6.92 Å². The zero-order valence-electron chi connectivity index (χ0n) is 12.3. The summed E-state index contributed by atoms with van der Waals surface area (Å²) >= 11 is 0. The SMILES string of the molecule is Cc1noc(C)c1CC(=O)N1C[C@H](C(=O)O)[C@@H](C2CC2)C1. The highest BCUT2D eigenvalue weighted by Gasteiger charge is 2.46. The van der Waals surface area contributed by atoms with E-state index in [4.69, 9.17) is 4.52 Å². The first-order valence-electron chi connectivity index (χ1n) is 7.39. The molecule has 0 radical (unpaired) electrons. The molecule has 0 spiro atoms. The number of rotatable bonds is 4. The predicted octanol–water partition coefficient (Wildman–Crippen LogP) is 1.40. The second-order valence-corrected chi connectivity index (χ2v) is 6.22. The number of carbonyl (C=O) groups excluding carboxylic acids is 1. The molecule has 6 nitrogen and oxygen atoms in total. The van der Waals surface area contributed by atoms with Crippen molar-refractivity contribution in [2.75, 3.05) is 13.1 Å². The van der Waals surface area contributed by atoms with Gasteiger partial charge in [0.1, 0.15) is 5.76 Å². The van der Waals surface area contributed by atoms with Gasteiger partial charge < -0.3 is 14.5 Å². The Morgan fingerprint density at radius 1 is 1.33 bits per heavy atom. The highest BCUT2D eigenvalue weighted by atomic mass is 16.5. The van der Waals surface area contributed by atoms with Crippen LogP contribution in [0.2, 0.25) is 0 Å². The van der Waals surface area contributed by atoms with Gasteiger partial charge in [-0.05, 0) is 38.5 Å². The molecule has 2 fully saturated rings. The predicted molar refractivity (Wildman–Crippen MR) is 73.6 cm³/mol. The first kappa shape index (κ1) is 14.1. The number of hydrogen-bond donors (Lipinski definition) is 1. The Labute approximate surface area is 123 Å². The van der Waals surface area contributed by atoms with Crippen LogP contribution in [0.5, 0.6) is 0 Å². The van der Waals surface area contributed by atoms with Crippen LogP contribution in [0.3, 0.4) is 0 Å². The molecular formula is C15H20N2O4. The number of aryl methyl sites for hydroxylation is 2. The van der Waals surface area contributed by atoms with E-state index in [1.165, 1.54) is 0 Å². The van der Waals surface area contributed by atoms with Gasteiger partial charge in [0.2, 0.25) is 5.91 Å². The average molecular weight is 292 g/mol. The lowest BCUT2D eigenvalue weighted by Gasteiger charge is -2.16. The maximum Gasteiger partial charge on any atom is 0.308 e. The minimum Gasteiger partial charge on any atom is -0.481 e. The van der Waals surface area contributed by atoms with E-state index in [2.05, 4.69) is 5.16 Å². The van der Waals surface area contributed by atoms with Crippen LogP contribution < -0.4 is 0 Å².